The highest BCUT2D eigenvalue weighted by Gasteiger charge is 2.22. The van der Waals surface area contributed by atoms with Gasteiger partial charge >= 0.3 is 11.9 Å². The summed E-state index contributed by atoms with van der Waals surface area (Å²) in [7, 11) is 5.91. The summed E-state index contributed by atoms with van der Waals surface area (Å²) >= 11 is 0. The van der Waals surface area contributed by atoms with Gasteiger partial charge in [-0.2, -0.15) is 0 Å². The Morgan fingerprint density at radius 3 is 0.825 bits per heavy atom. The lowest BCUT2D eigenvalue weighted by Gasteiger charge is -2.26. The molecule has 0 spiro atoms. The lowest BCUT2D eigenvalue weighted by molar-refractivity contribution is -0.870. The van der Waals surface area contributed by atoms with Crippen molar-refractivity contribution in [1.82, 2.24) is 0 Å². The molecule has 9 nitrogen and oxygen atoms in total. The summed E-state index contributed by atoms with van der Waals surface area (Å²) in [6.07, 6.45) is 114. The van der Waals surface area contributed by atoms with Crippen LogP contribution in [-0.2, 0) is 33.3 Å². The Morgan fingerprint density at radius 1 is 0.309 bits per heavy atom. The zero-order valence-corrected chi connectivity index (χ0v) is 62.4. The van der Waals surface area contributed by atoms with Crippen LogP contribution in [-0.4, -0.2) is 82.3 Å². The summed E-state index contributed by atoms with van der Waals surface area (Å²) in [6, 6.07) is 0. The van der Waals surface area contributed by atoms with Crippen molar-refractivity contribution in [3.63, 3.8) is 0 Å². The Hall–Kier alpha value is -5.87. The van der Waals surface area contributed by atoms with E-state index in [0.717, 1.165) is 148 Å². The molecule has 0 aromatic carbocycles. The van der Waals surface area contributed by atoms with Gasteiger partial charge in [-0.3, -0.25) is 9.59 Å². The summed E-state index contributed by atoms with van der Waals surface area (Å²) in [6.45, 7) is 4.49. The second kappa shape index (κ2) is 75.9. The van der Waals surface area contributed by atoms with Gasteiger partial charge in [-0.15, -0.1) is 0 Å². The van der Waals surface area contributed by atoms with Crippen LogP contribution in [0.3, 0.4) is 0 Å². The Balaban J connectivity index is 4.19. The highest BCUT2D eigenvalue weighted by atomic mass is 16.7. The van der Waals surface area contributed by atoms with Gasteiger partial charge in [0.05, 0.1) is 40.3 Å². The predicted molar refractivity (Wildman–Crippen MR) is 416 cm³/mol. The second-order valence-corrected chi connectivity index (χ2v) is 26.2. The number of allylic oxidation sites excluding steroid dienone is 32. The van der Waals surface area contributed by atoms with Gasteiger partial charge in [0.25, 0.3) is 0 Å². The van der Waals surface area contributed by atoms with E-state index in [2.05, 4.69) is 208 Å². The molecule has 0 amide bonds. The van der Waals surface area contributed by atoms with Crippen molar-refractivity contribution in [2.45, 2.75) is 296 Å². The van der Waals surface area contributed by atoms with E-state index < -0.39 is 24.3 Å². The second-order valence-electron chi connectivity index (χ2n) is 26.2. The number of rotatable bonds is 69. The molecule has 0 aliphatic rings. The molecule has 546 valence electrons. The fourth-order valence-corrected chi connectivity index (χ4v) is 10.0. The molecule has 0 saturated carbocycles. The van der Waals surface area contributed by atoms with Crippen LogP contribution in [0, 0.1) is 0 Å². The van der Waals surface area contributed by atoms with Gasteiger partial charge in [0.2, 0.25) is 0 Å². The van der Waals surface area contributed by atoms with Gasteiger partial charge < -0.3 is 33.3 Å². The number of esters is 2. The number of hydrogen-bond donors (Lipinski definition) is 0. The third-order valence-electron chi connectivity index (χ3n) is 15.8. The molecule has 0 bridgehead atoms. The molecule has 9 heteroatoms. The van der Waals surface area contributed by atoms with E-state index in [9.17, 15) is 19.5 Å². The standard InChI is InChI=1S/C88H141NO8/c1-6-8-10-12-14-16-18-20-22-24-26-28-30-32-34-36-38-39-40-41-42-43-44-45-46-47-49-51-53-55-57-59-61-63-65-67-69-71-73-75-77-79-86(91)97-84(83-96-88(87(92)93)94-81-80-89(3,4)5)82-95-85(90)78-76-74-72-70-68-66-64-62-60-58-56-54-52-50-48-37-35-33-31-29-27-25-23-21-19-17-15-13-11-9-7-2/h8-11,14-17,20-23,26-29,32,34,38-39,41-42,44-45,47,49,53,55,59,61,65,67,84,88H,6-7,12-13,18-19,24-25,30-31,33,35-37,40,43,46,48,50-52,54,56-58,60,62-64,66,68-83H2,1-5H3/b10-8-,11-9-,16-14-,17-15-,22-20-,23-21-,28-26-,29-27-,34-32-,39-38-,42-41-,45-44-,49-47-,55-53-,61-59-,67-65-. The van der Waals surface area contributed by atoms with Crippen molar-refractivity contribution >= 4 is 17.9 Å². The Labute approximate surface area is 595 Å². The molecule has 0 radical (unpaired) electrons. The molecule has 0 rings (SSSR count). The van der Waals surface area contributed by atoms with E-state index in [-0.39, 0.29) is 38.6 Å². The minimum absolute atomic E-state index is 0.133. The molecular formula is C88H141NO8. The number of carboxylic acid groups (broad SMARTS) is 1. The fourth-order valence-electron chi connectivity index (χ4n) is 10.0. The number of unbranched alkanes of at least 4 members (excludes halogenated alkanes) is 22. The van der Waals surface area contributed by atoms with Crippen LogP contribution < -0.4 is 5.11 Å². The summed E-state index contributed by atoms with van der Waals surface area (Å²) in [4.78, 5) is 37.6. The lowest BCUT2D eigenvalue weighted by Crippen LogP contribution is -2.44. The van der Waals surface area contributed by atoms with Crippen molar-refractivity contribution in [2.24, 2.45) is 0 Å². The first-order valence-corrected chi connectivity index (χ1v) is 38.6. The average Bonchev–Trinajstić information content (AvgIpc) is 3.27. The number of likely N-dealkylation sites (N-methyl/N-ethyl adjacent to an activating group) is 1. The van der Waals surface area contributed by atoms with Crippen molar-refractivity contribution in [1.29, 1.82) is 0 Å². The van der Waals surface area contributed by atoms with Gasteiger partial charge in [0.1, 0.15) is 13.2 Å². The van der Waals surface area contributed by atoms with E-state index in [1.54, 1.807) is 0 Å². The number of carbonyl (C=O) groups is 3. The van der Waals surface area contributed by atoms with Gasteiger partial charge in [0, 0.05) is 12.8 Å². The number of quaternary nitrogens is 1. The smallest absolute Gasteiger partial charge is 0.306 e. The summed E-state index contributed by atoms with van der Waals surface area (Å²) in [5.74, 6) is -2.33. The molecule has 2 unspecified atom stereocenters. The third kappa shape index (κ3) is 77.4. The molecule has 0 aliphatic carbocycles. The SMILES string of the molecule is CC/C=C\C/C=C\C/C=C\C/C=C\C/C=C\C/C=C\C/C=C\C/C=C\C/C=C\C/C=C\C/C=C\C/C=C\CCCCCCC(=O)OC(COC(=O)CCCCCCCCCCCCCCCCCCCC/C=C\C/C=C\C/C=C\C/C=C\CC)COC(OCC[N+](C)(C)C)C(=O)[O-]. The minimum atomic E-state index is -1.64. The third-order valence-corrected chi connectivity index (χ3v) is 15.8. The molecule has 0 fully saturated rings. The average molecular weight is 1340 g/mol. The summed E-state index contributed by atoms with van der Waals surface area (Å²) in [5.41, 5.74) is 0. The van der Waals surface area contributed by atoms with Crippen LogP contribution >= 0.6 is 0 Å². The molecule has 0 N–H and O–H groups in total. The zero-order chi connectivity index (χ0) is 70.4. The van der Waals surface area contributed by atoms with Crippen molar-refractivity contribution in [3.05, 3.63) is 194 Å². The van der Waals surface area contributed by atoms with E-state index in [4.69, 9.17) is 18.9 Å². The molecule has 0 aromatic rings. The van der Waals surface area contributed by atoms with Crippen LogP contribution in [0.4, 0.5) is 0 Å². The number of hydrogen-bond acceptors (Lipinski definition) is 8. The van der Waals surface area contributed by atoms with Gasteiger partial charge in [-0.25, -0.2) is 0 Å². The summed E-state index contributed by atoms with van der Waals surface area (Å²) < 4.78 is 22.8. The number of aliphatic carboxylic acids is 1. The first kappa shape index (κ1) is 91.1. The number of carbonyl (C=O) groups excluding carboxylic acids is 3. The van der Waals surface area contributed by atoms with Crippen LogP contribution in [0.2, 0.25) is 0 Å². The first-order chi connectivity index (χ1) is 47.6. The maximum Gasteiger partial charge on any atom is 0.306 e. The molecule has 0 aliphatic heterocycles. The monoisotopic (exact) mass is 1340 g/mol. The maximum atomic E-state index is 13.0. The van der Waals surface area contributed by atoms with E-state index in [1.165, 1.54) is 103 Å². The van der Waals surface area contributed by atoms with Gasteiger partial charge in [-0.05, 0) is 141 Å². The quantitative estimate of drug-likeness (QED) is 0.0195. The van der Waals surface area contributed by atoms with E-state index >= 15 is 0 Å². The number of nitrogens with zero attached hydrogens (tertiary/aromatic N) is 1. The van der Waals surface area contributed by atoms with Gasteiger partial charge in [-0.1, -0.05) is 324 Å². The fraction of sp³-hybridized carbons (Fsp3) is 0.602. The minimum Gasteiger partial charge on any atom is -0.545 e. The Kier molecular flexibility index (Phi) is 71.3. The maximum absolute atomic E-state index is 13.0. The Morgan fingerprint density at radius 2 is 0.557 bits per heavy atom. The van der Waals surface area contributed by atoms with Crippen LogP contribution in [0.1, 0.15) is 284 Å². The van der Waals surface area contributed by atoms with Crippen LogP contribution in [0.25, 0.3) is 0 Å². The van der Waals surface area contributed by atoms with E-state index in [0.29, 0.717) is 17.4 Å². The predicted octanol–water partition coefficient (Wildman–Crippen LogP) is 23.6. The molecular weight excluding hydrogens is 1200 g/mol. The molecule has 97 heavy (non-hydrogen) atoms. The molecule has 2 atom stereocenters. The van der Waals surface area contributed by atoms with Gasteiger partial charge in [0.15, 0.2) is 12.4 Å². The van der Waals surface area contributed by atoms with Crippen LogP contribution in [0.15, 0.2) is 194 Å². The molecule has 0 aromatic heterocycles. The van der Waals surface area contributed by atoms with Crippen molar-refractivity contribution < 1.29 is 42.9 Å². The summed E-state index contributed by atoms with van der Waals surface area (Å²) in [5, 5.41) is 11.9. The Bertz CT molecular complexity index is 2310. The highest BCUT2D eigenvalue weighted by molar-refractivity contribution is 5.70. The number of ether oxygens (including phenoxy) is 4. The van der Waals surface area contributed by atoms with Crippen molar-refractivity contribution in [2.75, 3.05) is 47.5 Å². The zero-order valence-electron chi connectivity index (χ0n) is 62.4. The van der Waals surface area contributed by atoms with Crippen molar-refractivity contribution in [3.8, 4) is 0 Å². The first-order valence-electron chi connectivity index (χ1n) is 38.6. The molecule has 0 saturated heterocycles. The largest absolute Gasteiger partial charge is 0.545 e. The van der Waals surface area contributed by atoms with E-state index in [1.807, 2.05) is 21.1 Å². The highest BCUT2D eigenvalue weighted by Crippen LogP contribution is 2.17. The number of carboxylic acids is 1. The topological polar surface area (TPSA) is 111 Å². The normalized spacial score (nSPS) is 13.8. The van der Waals surface area contributed by atoms with Crippen LogP contribution in [0.5, 0.6) is 0 Å². The molecule has 0 heterocycles. The lowest BCUT2D eigenvalue weighted by atomic mass is 10.0.